The Morgan fingerprint density at radius 2 is 1.18 bits per heavy atom. The fraction of sp³-hybridized carbons (Fsp3) is 1.00. The second-order valence-electron chi connectivity index (χ2n) is 4.24. The Morgan fingerprint density at radius 1 is 0.773 bits per heavy atom. The molecule has 134 valence electrons. The summed E-state index contributed by atoms with van der Waals surface area (Å²) in [4.78, 5) is 0. The molecule has 0 fully saturated rings. The van der Waals surface area contributed by atoms with E-state index in [4.69, 9.17) is 0 Å². The molecule has 0 aromatic rings. The van der Waals surface area contributed by atoms with Crippen molar-refractivity contribution in [1.29, 1.82) is 0 Å². The Balaban J connectivity index is 5.19. The molecule has 14 heteroatoms. The van der Waals surface area contributed by atoms with E-state index >= 15 is 0 Å². The molecule has 1 atom stereocenters. The van der Waals surface area contributed by atoms with Gasteiger partial charge in [-0.15, -0.1) is 0 Å². The molecule has 0 aliphatic rings. The molecule has 22 heavy (non-hydrogen) atoms. The molecule has 0 amide bonds. The van der Waals surface area contributed by atoms with Crippen molar-refractivity contribution in [3.63, 3.8) is 0 Å². The van der Waals surface area contributed by atoms with Crippen LogP contribution in [0, 0.1) is 0 Å². The Labute approximate surface area is 115 Å². The molecule has 0 spiro atoms. The number of hydrogen-bond donors (Lipinski definition) is 0. The molecule has 1 unspecified atom stereocenters. The van der Waals surface area contributed by atoms with Crippen LogP contribution >= 0.6 is 0 Å². The largest absolute Gasteiger partial charge is 0.697 e. The van der Waals surface area contributed by atoms with E-state index in [9.17, 15) is 56.2 Å². The third kappa shape index (κ3) is 4.19. The molecular weight excluding hydrogens is 371 g/mol. The van der Waals surface area contributed by atoms with Crippen LogP contribution in [-0.2, 0) is 0 Å². The standard InChI is InChI=1S/C8H7F13Si/c9-4(2-1-3-5(10,11)12)6(13,14)7(15,16)8(17,18)22(19,20)21/h4H,1-3H2. The van der Waals surface area contributed by atoms with Gasteiger partial charge in [0.2, 0.25) is 0 Å². The van der Waals surface area contributed by atoms with Gasteiger partial charge >= 0.3 is 32.6 Å². The Bertz CT molecular complexity index is 367. The van der Waals surface area contributed by atoms with E-state index in [1.807, 2.05) is 0 Å². The molecule has 0 saturated heterocycles. The highest BCUT2D eigenvalue weighted by Crippen LogP contribution is 2.53. The Hall–Kier alpha value is -0.693. The Kier molecular flexibility index (Phi) is 5.88. The summed E-state index contributed by atoms with van der Waals surface area (Å²) in [5.41, 5.74) is -7.13. The molecule has 0 nitrogen and oxygen atoms in total. The van der Waals surface area contributed by atoms with Gasteiger partial charge in [-0.05, 0) is 12.8 Å². The highest BCUT2D eigenvalue weighted by molar-refractivity contribution is 6.61. The molecule has 0 bridgehead atoms. The minimum atomic E-state index is -8.65. The summed E-state index contributed by atoms with van der Waals surface area (Å²) >= 11 is 0. The molecular formula is C8H7F13Si. The maximum Gasteiger partial charge on any atom is 0.697 e. The average Bonchev–Trinajstić information content (AvgIpc) is 2.24. The van der Waals surface area contributed by atoms with Crippen LogP contribution in [-0.4, -0.2) is 38.8 Å². The minimum absolute atomic E-state index is 1.48. The van der Waals surface area contributed by atoms with Crippen molar-refractivity contribution >= 4 is 9.08 Å². The van der Waals surface area contributed by atoms with Gasteiger partial charge in [-0.25, -0.2) is 16.7 Å². The van der Waals surface area contributed by atoms with Crippen LogP contribution in [0.5, 0.6) is 0 Å². The van der Waals surface area contributed by atoms with Gasteiger partial charge in [0.25, 0.3) is 0 Å². The first-order valence-corrected chi connectivity index (χ1v) is 6.92. The second-order valence-corrected chi connectivity index (χ2v) is 5.87. The topological polar surface area (TPSA) is 0 Å². The minimum Gasteiger partial charge on any atom is -0.241 e. The van der Waals surface area contributed by atoms with E-state index in [0.29, 0.717) is 0 Å². The predicted molar refractivity (Wildman–Crippen MR) is 48.7 cm³/mol. The molecule has 0 aromatic carbocycles. The summed E-state index contributed by atoms with van der Waals surface area (Å²) in [6, 6.07) is 0. The number of halogens is 13. The van der Waals surface area contributed by atoms with Gasteiger partial charge in [0.1, 0.15) is 0 Å². The monoisotopic (exact) mass is 378 g/mol. The van der Waals surface area contributed by atoms with Crippen molar-refractivity contribution in [2.75, 3.05) is 0 Å². The van der Waals surface area contributed by atoms with Crippen molar-refractivity contribution in [2.24, 2.45) is 0 Å². The summed E-state index contributed by atoms with van der Waals surface area (Å²) < 4.78 is 159. The van der Waals surface area contributed by atoms with Crippen molar-refractivity contribution < 1.29 is 56.2 Å². The van der Waals surface area contributed by atoms with Crippen LogP contribution in [0.25, 0.3) is 0 Å². The maximum atomic E-state index is 12.9. The molecule has 0 aliphatic heterocycles. The summed E-state index contributed by atoms with van der Waals surface area (Å²) in [7, 11) is -8.65. The molecule has 0 N–H and O–H groups in total. The third-order valence-electron chi connectivity index (χ3n) is 2.48. The maximum absolute atomic E-state index is 12.9. The fourth-order valence-electron chi connectivity index (χ4n) is 1.25. The number of hydrogen-bond acceptors (Lipinski definition) is 0. The molecule has 0 aliphatic carbocycles. The zero-order chi connectivity index (χ0) is 18.2. The molecule has 0 radical (unpaired) electrons. The van der Waals surface area contributed by atoms with E-state index < -0.39 is 58.1 Å². The molecule has 0 saturated carbocycles. The smallest absolute Gasteiger partial charge is 0.241 e. The van der Waals surface area contributed by atoms with Crippen LogP contribution in [0.3, 0.4) is 0 Å². The first kappa shape index (κ1) is 21.3. The zero-order valence-electron chi connectivity index (χ0n) is 10.1. The van der Waals surface area contributed by atoms with Crippen molar-refractivity contribution in [3.05, 3.63) is 0 Å². The van der Waals surface area contributed by atoms with E-state index in [-0.39, 0.29) is 0 Å². The highest BCUT2D eigenvalue weighted by atomic mass is 28.5. The highest BCUT2D eigenvalue weighted by Gasteiger charge is 2.86. The lowest BCUT2D eigenvalue weighted by Crippen LogP contribution is -2.65. The van der Waals surface area contributed by atoms with E-state index in [2.05, 4.69) is 0 Å². The normalized spacial score (nSPS) is 16.8. The average molecular weight is 378 g/mol. The van der Waals surface area contributed by atoms with Crippen LogP contribution in [0.2, 0.25) is 0 Å². The molecule has 0 aromatic heterocycles. The van der Waals surface area contributed by atoms with Gasteiger partial charge in [-0.1, -0.05) is 0 Å². The van der Waals surface area contributed by atoms with Crippen molar-refractivity contribution in [1.82, 2.24) is 0 Å². The van der Waals surface area contributed by atoms with Crippen LogP contribution < -0.4 is 0 Å². The van der Waals surface area contributed by atoms with Gasteiger partial charge < -0.3 is 0 Å². The first-order chi connectivity index (χ1) is 9.38. The van der Waals surface area contributed by atoms with E-state index in [0.717, 1.165) is 0 Å². The first-order valence-electron chi connectivity index (χ1n) is 5.29. The summed E-state index contributed by atoms with van der Waals surface area (Å²) in [6.45, 7) is 0. The summed E-state index contributed by atoms with van der Waals surface area (Å²) in [5.74, 6) is -13.6. The summed E-state index contributed by atoms with van der Waals surface area (Å²) in [5, 5.41) is 0. The summed E-state index contributed by atoms with van der Waals surface area (Å²) in [6.07, 6.45) is -14.6. The van der Waals surface area contributed by atoms with Crippen molar-refractivity contribution in [3.8, 4) is 0 Å². The van der Waals surface area contributed by atoms with E-state index in [1.54, 1.807) is 0 Å². The molecule has 0 heterocycles. The van der Waals surface area contributed by atoms with Crippen LogP contribution in [0.4, 0.5) is 56.2 Å². The second kappa shape index (κ2) is 6.07. The predicted octanol–water partition coefficient (Wildman–Crippen LogP) is 5.35. The lowest BCUT2D eigenvalue weighted by Gasteiger charge is -2.34. The zero-order valence-corrected chi connectivity index (χ0v) is 11.1. The lowest BCUT2D eigenvalue weighted by atomic mass is 10.0. The quantitative estimate of drug-likeness (QED) is 0.318. The van der Waals surface area contributed by atoms with Gasteiger partial charge in [-0.3, -0.25) is 0 Å². The van der Waals surface area contributed by atoms with Crippen LogP contribution in [0.1, 0.15) is 19.3 Å². The van der Waals surface area contributed by atoms with Gasteiger partial charge in [0.15, 0.2) is 6.17 Å². The third-order valence-corrected chi connectivity index (χ3v) is 3.51. The van der Waals surface area contributed by atoms with Gasteiger partial charge in [0, 0.05) is 6.42 Å². The van der Waals surface area contributed by atoms with Crippen LogP contribution in [0.15, 0.2) is 0 Å². The van der Waals surface area contributed by atoms with Crippen molar-refractivity contribution in [2.45, 2.75) is 49.0 Å². The number of alkyl halides is 10. The van der Waals surface area contributed by atoms with Gasteiger partial charge in [0.05, 0.1) is 0 Å². The fourth-order valence-corrected chi connectivity index (χ4v) is 1.77. The number of rotatable bonds is 7. The molecule has 0 rings (SSSR count). The lowest BCUT2D eigenvalue weighted by molar-refractivity contribution is -0.308. The van der Waals surface area contributed by atoms with E-state index in [1.165, 1.54) is 0 Å². The SMILES string of the molecule is FC(CCCC(F)(F)F)C(F)(F)C(F)(F)C(F)(F)[Si](F)(F)F. The van der Waals surface area contributed by atoms with Gasteiger partial charge in [-0.2, -0.15) is 39.5 Å². The Morgan fingerprint density at radius 3 is 1.50 bits per heavy atom.